The maximum absolute atomic E-state index is 12.9. The molecule has 2 atom stereocenters. The Morgan fingerprint density at radius 2 is 0.908 bits per heavy atom. The number of aliphatic carboxylic acids is 1. The Morgan fingerprint density at radius 1 is 0.538 bits per heavy atom. The average molecular weight is 941 g/mol. The van der Waals surface area contributed by atoms with Crippen LogP contribution in [0.2, 0.25) is 0 Å². The highest BCUT2D eigenvalue weighted by Crippen LogP contribution is 2.38. The van der Waals surface area contributed by atoms with Crippen molar-refractivity contribution >= 4 is 35.7 Å². The lowest BCUT2D eigenvalue weighted by atomic mass is 10.0. The van der Waals surface area contributed by atoms with Gasteiger partial charge in [-0.2, -0.15) is 52.7 Å². The van der Waals surface area contributed by atoms with Crippen molar-refractivity contribution in [2.24, 2.45) is 0 Å². The van der Waals surface area contributed by atoms with E-state index in [2.05, 4.69) is 20.1 Å². The van der Waals surface area contributed by atoms with E-state index in [1.807, 2.05) is 60.7 Å². The third-order valence-corrected chi connectivity index (χ3v) is 8.21. The number of carboxylic acid groups (broad SMARTS) is 1. The van der Waals surface area contributed by atoms with E-state index in [1.165, 1.54) is 6.92 Å². The predicted octanol–water partition coefficient (Wildman–Crippen LogP) is 8.46. The van der Waals surface area contributed by atoms with Crippen LogP contribution in [0.3, 0.4) is 0 Å². The first-order valence-corrected chi connectivity index (χ1v) is 18.0. The van der Waals surface area contributed by atoms with Gasteiger partial charge in [0.1, 0.15) is 18.7 Å². The molecule has 0 fully saturated rings. The molecule has 0 aliphatic rings. The molecule has 0 aromatic heterocycles. The molecule has 3 N–H and O–H groups in total. The lowest BCUT2D eigenvalue weighted by Gasteiger charge is -2.20. The number of Topliss-reactive ketones (excluding diaryl/α,β-unsaturated/α-hetero) is 1. The Kier molecular flexibility index (Phi) is 17.6. The summed E-state index contributed by atoms with van der Waals surface area (Å²) in [6, 6.07) is 15.7. The molecule has 4 aromatic rings. The molecule has 0 unspecified atom stereocenters. The molecule has 0 aliphatic heterocycles. The van der Waals surface area contributed by atoms with Gasteiger partial charge < -0.3 is 30.0 Å². The van der Waals surface area contributed by atoms with Crippen LogP contribution in [0.25, 0.3) is 0 Å². The SMILES string of the molecule is C[C@H](NC(=O)[C@H](Cc1ccccc1)NC(=O)OCc1ccccc1)C(=O)O.O=C(COC(=O)c1cc(C(F)(F)F)cc(C(F)(F)F)c1)COC(=O)c1cc(C(F)(F)F)cc(C(F)(F)F)c1. The lowest BCUT2D eigenvalue weighted by molar-refractivity contribution is -0.144. The minimum Gasteiger partial charge on any atom is -0.480 e. The van der Waals surface area contributed by atoms with E-state index in [9.17, 15) is 81.5 Å². The zero-order chi connectivity index (χ0) is 48.9. The van der Waals surface area contributed by atoms with Gasteiger partial charge in [-0.05, 0) is 54.4 Å². The van der Waals surface area contributed by atoms with Crippen LogP contribution in [-0.2, 0) is 66.3 Å². The van der Waals surface area contributed by atoms with Gasteiger partial charge >= 0.3 is 48.7 Å². The summed E-state index contributed by atoms with van der Waals surface area (Å²) in [5, 5.41) is 13.9. The summed E-state index contributed by atoms with van der Waals surface area (Å²) in [7, 11) is 0. The van der Waals surface area contributed by atoms with Crippen LogP contribution >= 0.6 is 0 Å². The second-order valence-electron chi connectivity index (χ2n) is 13.3. The minimum atomic E-state index is -5.30. The van der Waals surface area contributed by atoms with Gasteiger partial charge in [0.15, 0.2) is 13.2 Å². The fourth-order valence-corrected chi connectivity index (χ4v) is 4.99. The van der Waals surface area contributed by atoms with Crippen molar-refractivity contribution in [1.29, 1.82) is 0 Å². The van der Waals surface area contributed by atoms with Crippen LogP contribution in [0.1, 0.15) is 61.0 Å². The van der Waals surface area contributed by atoms with Crippen molar-refractivity contribution in [2.45, 2.75) is 56.7 Å². The number of hydrogen-bond donors (Lipinski definition) is 3. The summed E-state index contributed by atoms with van der Waals surface area (Å²) < 4.78 is 168. The Labute approximate surface area is 358 Å². The van der Waals surface area contributed by atoms with E-state index in [1.54, 1.807) is 0 Å². The molecule has 65 heavy (non-hydrogen) atoms. The number of carbonyl (C=O) groups excluding carboxylic acids is 5. The molecule has 4 rings (SSSR count). The highest BCUT2D eigenvalue weighted by molar-refractivity contribution is 5.94. The number of nitrogens with one attached hydrogen (secondary N) is 2. The van der Waals surface area contributed by atoms with Gasteiger partial charge in [0.25, 0.3) is 0 Å². The molecule has 12 nitrogen and oxygen atoms in total. The Balaban J connectivity index is 0.000000365. The van der Waals surface area contributed by atoms with Gasteiger partial charge in [-0.15, -0.1) is 0 Å². The molecule has 0 radical (unpaired) electrons. The number of halogens is 12. The Hall–Kier alpha value is -7.14. The largest absolute Gasteiger partial charge is 0.480 e. The zero-order valence-corrected chi connectivity index (χ0v) is 32.9. The van der Waals surface area contributed by atoms with Crippen molar-refractivity contribution < 1.29 is 101 Å². The second kappa shape index (κ2) is 22.0. The summed E-state index contributed by atoms with van der Waals surface area (Å²) in [6.45, 7) is -1.36. The van der Waals surface area contributed by atoms with Crippen LogP contribution < -0.4 is 10.6 Å². The fraction of sp³-hybridized carbons (Fsp3) is 0.268. The number of esters is 2. The summed E-state index contributed by atoms with van der Waals surface area (Å²) in [4.78, 5) is 71.1. The van der Waals surface area contributed by atoms with Crippen LogP contribution in [0.15, 0.2) is 97.1 Å². The zero-order valence-electron chi connectivity index (χ0n) is 32.9. The standard InChI is InChI=1S/C21H10F12O5.C20H22N2O5/c22-18(23,24)11-1-9(2-12(5-11)19(25,26)27)16(35)37-7-15(34)8-38-17(36)10-3-13(20(28,29)30)6-14(4-10)21(31,32)33;1-14(19(24)25)21-18(23)17(12-15-8-4-2-5-9-15)22-20(26)27-13-16-10-6-3-7-11-16/h1-6H,7-8H2;2-11,14,17H,12-13H2,1H3,(H,21,23)(H,22,26)(H,24,25)/t;14-,17-/m.0/s1. The summed E-state index contributed by atoms with van der Waals surface area (Å²) in [6.07, 6.45) is -21.7. The molecule has 0 spiro atoms. The first-order valence-electron chi connectivity index (χ1n) is 18.0. The number of alkyl halides is 12. The van der Waals surface area contributed by atoms with Crippen molar-refractivity contribution in [3.05, 3.63) is 142 Å². The number of alkyl carbamates (subject to hydrolysis) is 1. The number of ether oxygens (including phenoxy) is 3. The maximum atomic E-state index is 12.9. The van der Waals surface area contributed by atoms with Gasteiger partial charge in [-0.3, -0.25) is 14.4 Å². The molecule has 0 aliphatic carbocycles. The number of ketones is 1. The van der Waals surface area contributed by atoms with Crippen LogP contribution in [0.4, 0.5) is 57.5 Å². The van der Waals surface area contributed by atoms with Crippen molar-refractivity contribution in [2.75, 3.05) is 13.2 Å². The molecular weight excluding hydrogens is 908 g/mol. The minimum absolute atomic E-state index is 0.00789. The molecule has 4 aromatic carbocycles. The van der Waals surface area contributed by atoms with Crippen molar-refractivity contribution in [3.8, 4) is 0 Å². The fourth-order valence-electron chi connectivity index (χ4n) is 4.99. The molecule has 24 heteroatoms. The molecule has 0 saturated heterocycles. The number of carboxylic acids is 1. The van der Waals surface area contributed by atoms with E-state index in [0.717, 1.165) is 11.1 Å². The number of benzene rings is 4. The first-order chi connectivity index (χ1) is 30.0. The van der Waals surface area contributed by atoms with Crippen LogP contribution in [0, 0.1) is 0 Å². The number of rotatable bonds is 14. The monoisotopic (exact) mass is 940 g/mol. The highest BCUT2D eigenvalue weighted by Gasteiger charge is 2.39. The topological polar surface area (TPSA) is 174 Å². The van der Waals surface area contributed by atoms with E-state index in [0.29, 0.717) is 0 Å². The van der Waals surface area contributed by atoms with Crippen molar-refractivity contribution in [3.63, 3.8) is 0 Å². The summed E-state index contributed by atoms with van der Waals surface area (Å²) >= 11 is 0. The number of carbonyl (C=O) groups is 6. The second-order valence-corrected chi connectivity index (χ2v) is 13.3. The van der Waals surface area contributed by atoms with Gasteiger partial charge in [0, 0.05) is 6.42 Å². The average Bonchev–Trinajstić information content (AvgIpc) is 3.23. The molecule has 0 bridgehead atoms. The lowest BCUT2D eigenvalue weighted by Crippen LogP contribution is -2.51. The third-order valence-electron chi connectivity index (χ3n) is 8.21. The summed E-state index contributed by atoms with van der Waals surface area (Å²) in [5.41, 5.74) is -8.31. The third kappa shape index (κ3) is 17.2. The first kappa shape index (κ1) is 52.2. The Bertz CT molecular complexity index is 2160. The highest BCUT2D eigenvalue weighted by atomic mass is 19.4. The van der Waals surface area contributed by atoms with Crippen LogP contribution in [-0.4, -0.2) is 66.1 Å². The molecule has 350 valence electrons. The normalized spacial score (nSPS) is 12.6. The van der Waals surface area contributed by atoms with Crippen molar-refractivity contribution in [1.82, 2.24) is 10.6 Å². The molecule has 2 amide bonds. The van der Waals surface area contributed by atoms with E-state index < -0.39 is 119 Å². The quantitative estimate of drug-likeness (QED) is 0.0632. The molecule has 0 heterocycles. The molecular formula is C41H32F12N2O10. The predicted molar refractivity (Wildman–Crippen MR) is 197 cm³/mol. The smallest absolute Gasteiger partial charge is 0.416 e. The Morgan fingerprint density at radius 3 is 1.26 bits per heavy atom. The summed E-state index contributed by atoms with van der Waals surface area (Å²) in [5.74, 6) is -6.78. The van der Waals surface area contributed by atoms with Gasteiger partial charge in [-0.1, -0.05) is 60.7 Å². The molecule has 0 saturated carbocycles. The van der Waals surface area contributed by atoms with E-state index in [-0.39, 0.29) is 49.4 Å². The maximum Gasteiger partial charge on any atom is 0.416 e. The number of hydrogen-bond acceptors (Lipinski definition) is 9. The van der Waals surface area contributed by atoms with Gasteiger partial charge in [0.2, 0.25) is 11.7 Å². The number of amides is 2. The van der Waals surface area contributed by atoms with E-state index in [4.69, 9.17) is 9.84 Å². The van der Waals surface area contributed by atoms with Crippen LogP contribution in [0.5, 0.6) is 0 Å². The van der Waals surface area contributed by atoms with Gasteiger partial charge in [-0.25, -0.2) is 14.4 Å². The van der Waals surface area contributed by atoms with Gasteiger partial charge in [0.05, 0.1) is 33.4 Å². The van der Waals surface area contributed by atoms with E-state index >= 15 is 0 Å².